The number of nitrogens with two attached hydrogens (primary N) is 1. The Bertz CT molecular complexity index is 1130. The van der Waals surface area contributed by atoms with Crippen molar-refractivity contribution in [2.24, 2.45) is 10.7 Å². The molecular weight excluding hydrogens is 404 g/mol. The Kier molecular flexibility index (Phi) is 7.08. The zero-order valence-electron chi connectivity index (χ0n) is 18.8. The lowest BCUT2D eigenvalue weighted by Crippen LogP contribution is -2.15. The maximum atomic E-state index is 14.1. The molecule has 0 spiro atoms. The average molecular weight is 434 g/mol. The fourth-order valence-electron chi connectivity index (χ4n) is 3.44. The van der Waals surface area contributed by atoms with E-state index in [1.54, 1.807) is 18.2 Å². The molecule has 166 valence electrons. The van der Waals surface area contributed by atoms with Crippen molar-refractivity contribution < 1.29 is 8.78 Å². The zero-order valence-corrected chi connectivity index (χ0v) is 18.8. The molecule has 0 amide bonds. The highest BCUT2D eigenvalue weighted by Crippen LogP contribution is 2.31. The van der Waals surface area contributed by atoms with Crippen molar-refractivity contribution in [3.05, 3.63) is 101 Å². The molecule has 0 radical (unpaired) electrons. The number of nitrogens with one attached hydrogen (secondary N) is 1. The zero-order chi connectivity index (χ0) is 23.3. The van der Waals surface area contributed by atoms with Crippen LogP contribution in [0.5, 0.6) is 0 Å². The van der Waals surface area contributed by atoms with Gasteiger partial charge in [0, 0.05) is 30.3 Å². The van der Waals surface area contributed by atoms with Gasteiger partial charge < -0.3 is 11.1 Å². The molecule has 0 aliphatic rings. The molecule has 3 aromatic rings. The van der Waals surface area contributed by atoms with Crippen molar-refractivity contribution in [2.45, 2.75) is 39.5 Å². The number of alkyl halides is 2. The molecule has 0 saturated heterocycles. The molecule has 0 fully saturated rings. The highest BCUT2D eigenvalue weighted by atomic mass is 19.3. The van der Waals surface area contributed by atoms with Gasteiger partial charge in [-0.05, 0) is 55.2 Å². The summed E-state index contributed by atoms with van der Waals surface area (Å²) in [5, 5.41) is 3.37. The number of halogens is 2. The topological polar surface area (TPSA) is 50.4 Å². The quantitative estimate of drug-likeness (QED) is 0.308. The fourth-order valence-corrected chi connectivity index (χ4v) is 3.44. The second-order valence-corrected chi connectivity index (χ2v) is 8.12. The lowest BCUT2D eigenvalue weighted by atomic mass is 9.98. The van der Waals surface area contributed by atoms with Gasteiger partial charge in [0.1, 0.15) is 5.84 Å². The molecule has 3 nitrogen and oxygen atoms in total. The van der Waals surface area contributed by atoms with Gasteiger partial charge in [-0.25, -0.2) is 13.8 Å². The molecule has 0 bridgehead atoms. The van der Waals surface area contributed by atoms with Crippen molar-refractivity contribution in [1.29, 1.82) is 0 Å². The predicted octanol–water partition coefficient (Wildman–Crippen LogP) is 7.12. The Hall–Kier alpha value is -3.47. The van der Waals surface area contributed by atoms with Crippen LogP contribution < -0.4 is 11.1 Å². The number of benzene rings is 3. The summed E-state index contributed by atoms with van der Waals surface area (Å²) in [6, 6.07) is 20.4. The first-order valence-electron chi connectivity index (χ1n) is 10.6. The Balaban J connectivity index is 1.95. The normalized spacial score (nSPS) is 12.0. The van der Waals surface area contributed by atoms with Gasteiger partial charge in [-0.15, -0.1) is 0 Å². The lowest BCUT2D eigenvalue weighted by Gasteiger charge is -2.17. The first-order valence-corrected chi connectivity index (χ1v) is 10.6. The van der Waals surface area contributed by atoms with Crippen molar-refractivity contribution in [2.75, 3.05) is 5.32 Å². The Labute approximate surface area is 188 Å². The summed E-state index contributed by atoms with van der Waals surface area (Å²) in [5.41, 5.74) is 11.6. The molecule has 0 aliphatic carbocycles. The molecule has 3 aromatic carbocycles. The molecule has 0 atom stereocenters. The van der Waals surface area contributed by atoms with Crippen molar-refractivity contribution >= 4 is 22.9 Å². The summed E-state index contributed by atoms with van der Waals surface area (Å²) in [6.45, 7) is 8.73. The maximum absolute atomic E-state index is 14.1. The van der Waals surface area contributed by atoms with Crippen LogP contribution in [0.1, 0.15) is 41.2 Å². The highest BCUT2D eigenvalue weighted by molar-refractivity contribution is 5.97. The third-order valence-corrected chi connectivity index (χ3v) is 5.30. The lowest BCUT2D eigenvalue weighted by molar-refractivity contribution is 0.0165. The molecule has 0 saturated carbocycles. The summed E-state index contributed by atoms with van der Waals surface area (Å²) < 4.78 is 28.2. The average Bonchev–Trinajstić information content (AvgIpc) is 2.74. The number of hydrogen-bond donors (Lipinski definition) is 2. The minimum absolute atomic E-state index is 0.0484. The molecule has 0 heterocycles. The van der Waals surface area contributed by atoms with Crippen LogP contribution in [0.15, 0.2) is 78.3 Å². The summed E-state index contributed by atoms with van der Waals surface area (Å²) in [4.78, 5) is 4.85. The molecular formula is C27H29F2N3. The highest BCUT2D eigenvalue weighted by Gasteiger charge is 2.26. The van der Waals surface area contributed by atoms with E-state index in [1.165, 1.54) is 6.07 Å². The van der Waals surface area contributed by atoms with E-state index in [9.17, 15) is 8.78 Å². The summed E-state index contributed by atoms with van der Waals surface area (Å²) in [5.74, 6) is -2.21. The maximum Gasteiger partial charge on any atom is 0.270 e. The monoisotopic (exact) mass is 433 g/mol. The first kappa shape index (κ1) is 23.2. The number of hydrogen-bond acceptors (Lipinski definition) is 2. The van der Waals surface area contributed by atoms with Crippen LogP contribution in [-0.4, -0.2) is 5.84 Å². The number of aryl methyl sites for hydroxylation is 3. The minimum Gasteiger partial charge on any atom is -0.399 e. The van der Waals surface area contributed by atoms with Crippen molar-refractivity contribution in [3.8, 4) is 0 Å². The predicted molar refractivity (Wildman–Crippen MR) is 131 cm³/mol. The van der Waals surface area contributed by atoms with Gasteiger partial charge in [0.15, 0.2) is 0 Å². The van der Waals surface area contributed by atoms with E-state index in [-0.39, 0.29) is 5.56 Å². The standard InChI is InChI=1S/C27H29F2N3/c1-18-9-14-23(15-10-18)31-26(32-25-17-22(20(3)30)12-11-19(25)2)16-13-21-7-5-6-8-24(21)27(4,28)29/h5-12,14-15,17H,3,13,16,30H2,1-2,4H3,(H,31,32). The van der Waals surface area contributed by atoms with E-state index in [1.807, 2.05) is 56.3 Å². The Morgan fingerprint density at radius 3 is 2.38 bits per heavy atom. The van der Waals surface area contributed by atoms with E-state index in [2.05, 4.69) is 11.9 Å². The summed E-state index contributed by atoms with van der Waals surface area (Å²) in [6.07, 6.45) is 0.897. The first-order chi connectivity index (χ1) is 15.1. The molecule has 3 N–H and O–H groups in total. The number of anilines is 1. The van der Waals surface area contributed by atoms with Gasteiger partial charge in [-0.3, -0.25) is 0 Å². The van der Waals surface area contributed by atoms with Crippen molar-refractivity contribution in [1.82, 2.24) is 0 Å². The molecule has 0 aliphatic heterocycles. The van der Waals surface area contributed by atoms with E-state index < -0.39 is 5.92 Å². The van der Waals surface area contributed by atoms with Gasteiger partial charge in [0.05, 0.1) is 5.69 Å². The second-order valence-electron chi connectivity index (χ2n) is 8.12. The smallest absolute Gasteiger partial charge is 0.270 e. The van der Waals surface area contributed by atoms with E-state index in [0.717, 1.165) is 35.0 Å². The molecule has 32 heavy (non-hydrogen) atoms. The Morgan fingerprint density at radius 1 is 1.03 bits per heavy atom. The SMILES string of the molecule is C=C(N)c1ccc(C)c(N=C(CCc2ccccc2C(C)(F)F)Nc2ccc(C)cc2)c1. The van der Waals surface area contributed by atoms with Crippen LogP contribution in [0, 0.1) is 13.8 Å². The van der Waals surface area contributed by atoms with Gasteiger partial charge >= 0.3 is 0 Å². The number of amidine groups is 1. The number of rotatable bonds is 7. The van der Waals surface area contributed by atoms with Crippen LogP contribution in [0.3, 0.4) is 0 Å². The molecule has 0 unspecified atom stereocenters. The van der Waals surface area contributed by atoms with E-state index in [4.69, 9.17) is 10.7 Å². The van der Waals surface area contributed by atoms with Crippen molar-refractivity contribution in [3.63, 3.8) is 0 Å². The second kappa shape index (κ2) is 9.77. The van der Waals surface area contributed by atoms with Crippen LogP contribution >= 0.6 is 0 Å². The fraction of sp³-hybridized carbons (Fsp3) is 0.222. The third-order valence-electron chi connectivity index (χ3n) is 5.30. The van der Waals surface area contributed by atoms with Crippen LogP contribution in [0.4, 0.5) is 20.2 Å². The van der Waals surface area contributed by atoms with Crippen LogP contribution in [0.2, 0.25) is 0 Å². The van der Waals surface area contributed by atoms with E-state index in [0.29, 0.717) is 29.9 Å². The van der Waals surface area contributed by atoms with Gasteiger partial charge in [0.25, 0.3) is 5.92 Å². The van der Waals surface area contributed by atoms with Crippen LogP contribution in [0.25, 0.3) is 5.70 Å². The third kappa shape index (κ3) is 6.03. The largest absolute Gasteiger partial charge is 0.399 e. The Morgan fingerprint density at radius 2 is 1.72 bits per heavy atom. The van der Waals surface area contributed by atoms with Crippen LogP contribution in [-0.2, 0) is 12.3 Å². The van der Waals surface area contributed by atoms with Gasteiger partial charge in [0.2, 0.25) is 0 Å². The molecule has 5 heteroatoms. The van der Waals surface area contributed by atoms with Gasteiger partial charge in [-0.1, -0.05) is 60.7 Å². The number of nitrogens with zero attached hydrogens (tertiary/aromatic N) is 1. The molecule has 0 aromatic heterocycles. The minimum atomic E-state index is -2.90. The summed E-state index contributed by atoms with van der Waals surface area (Å²) >= 11 is 0. The van der Waals surface area contributed by atoms with Gasteiger partial charge in [-0.2, -0.15) is 0 Å². The molecule has 3 rings (SSSR count). The number of aliphatic imine (C=N–C) groups is 1. The summed E-state index contributed by atoms with van der Waals surface area (Å²) in [7, 11) is 0. The van der Waals surface area contributed by atoms with E-state index >= 15 is 0 Å².